The second-order valence-corrected chi connectivity index (χ2v) is 4.20. The van der Waals surface area contributed by atoms with Crippen LogP contribution < -0.4 is 0 Å². The molecule has 0 aromatic rings. The van der Waals surface area contributed by atoms with Gasteiger partial charge in [0.15, 0.2) is 11.9 Å². The van der Waals surface area contributed by atoms with Gasteiger partial charge in [-0.25, -0.2) is 4.79 Å². The van der Waals surface area contributed by atoms with Crippen molar-refractivity contribution in [2.24, 2.45) is 0 Å². The first kappa shape index (κ1) is 14.3. The second kappa shape index (κ2) is 5.42. The van der Waals surface area contributed by atoms with E-state index in [0.29, 0.717) is 0 Å². The number of hydrogen-bond donors (Lipinski definition) is 3. The summed E-state index contributed by atoms with van der Waals surface area (Å²) in [5.74, 6) is -4.83. The Morgan fingerprint density at radius 2 is 1.62 bits per heavy atom. The molecule has 16 heavy (non-hydrogen) atoms. The van der Waals surface area contributed by atoms with Crippen molar-refractivity contribution in [1.29, 1.82) is 0 Å². The summed E-state index contributed by atoms with van der Waals surface area (Å²) in [5.41, 5.74) is 0. The van der Waals surface area contributed by atoms with Gasteiger partial charge in [-0.1, -0.05) is 0 Å². The van der Waals surface area contributed by atoms with Gasteiger partial charge in [0.25, 0.3) is 10.1 Å². The Bertz CT molecular complexity index is 394. The maximum Gasteiger partial charge on any atom is 0.341 e. The van der Waals surface area contributed by atoms with Crippen molar-refractivity contribution >= 4 is 28.0 Å². The van der Waals surface area contributed by atoms with E-state index in [0.717, 1.165) is 0 Å². The molecule has 0 bridgehead atoms. The molecule has 0 saturated heterocycles. The lowest BCUT2D eigenvalue weighted by molar-refractivity contribution is -0.155. The lowest BCUT2D eigenvalue weighted by atomic mass is 10.3. The maximum absolute atomic E-state index is 10.9. The molecule has 0 fully saturated rings. The van der Waals surface area contributed by atoms with Gasteiger partial charge >= 0.3 is 17.9 Å². The van der Waals surface area contributed by atoms with E-state index in [9.17, 15) is 22.8 Å². The van der Waals surface area contributed by atoms with Crippen molar-refractivity contribution in [2.75, 3.05) is 6.61 Å². The van der Waals surface area contributed by atoms with Gasteiger partial charge in [-0.05, 0) is 0 Å². The third-order valence-electron chi connectivity index (χ3n) is 1.32. The highest BCUT2D eigenvalue weighted by molar-refractivity contribution is 7.87. The largest absolute Gasteiger partial charge is 0.481 e. The van der Waals surface area contributed by atoms with E-state index in [2.05, 4.69) is 4.74 Å². The average Bonchev–Trinajstić information content (AvgIpc) is 2.08. The quantitative estimate of drug-likeness (QED) is 0.374. The summed E-state index contributed by atoms with van der Waals surface area (Å²) in [4.78, 5) is 31.1. The van der Waals surface area contributed by atoms with E-state index in [1.54, 1.807) is 0 Å². The van der Waals surface area contributed by atoms with Gasteiger partial charge in [0.2, 0.25) is 0 Å². The van der Waals surface area contributed by atoms with Gasteiger partial charge in [-0.2, -0.15) is 8.42 Å². The van der Waals surface area contributed by atoms with Crippen LogP contribution in [0.5, 0.6) is 0 Å². The van der Waals surface area contributed by atoms with Crippen LogP contribution in [0.4, 0.5) is 0 Å². The van der Waals surface area contributed by atoms with Gasteiger partial charge in [0.1, 0.15) is 0 Å². The Hall–Kier alpha value is -1.68. The van der Waals surface area contributed by atoms with E-state index in [1.807, 2.05) is 0 Å². The fourth-order valence-electron chi connectivity index (χ4n) is 0.695. The molecule has 0 aromatic heterocycles. The maximum atomic E-state index is 10.9. The second-order valence-electron chi connectivity index (χ2n) is 2.60. The van der Waals surface area contributed by atoms with Crippen LogP contribution in [0.1, 0.15) is 6.42 Å². The van der Waals surface area contributed by atoms with E-state index in [1.165, 1.54) is 0 Å². The molecule has 0 amide bonds. The summed E-state index contributed by atoms with van der Waals surface area (Å²) in [6, 6.07) is 0. The van der Waals surface area contributed by atoms with E-state index in [-0.39, 0.29) is 0 Å². The van der Waals surface area contributed by atoms with Crippen LogP contribution in [0, 0.1) is 0 Å². The zero-order chi connectivity index (χ0) is 12.9. The summed E-state index contributed by atoms with van der Waals surface area (Å²) >= 11 is 0. The molecule has 92 valence electrons. The molecule has 0 saturated carbocycles. The van der Waals surface area contributed by atoms with Crippen LogP contribution in [-0.2, 0) is 29.2 Å². The first-order valence-electron chi connectivity index (χ1n) is 3.71. The predicted molar refractivity (Wildman–Crippen MR) is 46.2 cm³/mol. The Morgan fingerprint density at radius 3 is 1.94 bits per heavy atom. The van der Waals surface area contributed by atoms with Crippen LogP contribution in [-0.4, -0.2) is 52.9 Å². The fourth-order valence-corrected chi connectivity index (χ4v) is 1.36. The molecule has 0 radical (unpaired) electrons. The monoisotopic (exact) mass is 256 g/mol. The van der Waals surface area contributed by atoms with Gasteiger partial charge in [-0.3, -0.25) is 14.1 Å². The molecule has 3 N–H and O–H groups in total. The van der Waals surface area contributed by atoms with E-state index in [4.69, 9.17) is 14.8 Å². The molecule has 0 spiro atoms. The third-order valence-corrected chi connectivity index (χ3v) is 2.40. The lowest BCUT2D eigenvalue weighted by Gasteiger charge is -2.09. The Morgan fingerprint density at radius 1 is 1.12 bits per heavy atom. The molecule has 0 aliphatic carbocycles. The number of carboxylic acid groups (broad SMARTS) is 2. The molecule has 0 heterocycles. The normalized spacial score (nSPS) is 12.8. The van der Waals surface area contributed by atoms with Crippen molar-refractivity contribution < 1.29 is 42.3 Å². The number of carbonyl (C=O) groups is 3. The first-order valence-corrected chi connectivity index (χ1v) is 5.21. The zero-order valence-corrected chi connectivity index (χ0v) is 8.51. The molecular formula is C6H8O9S. The van der Waals surface area contributed by atoms with Gasteiger partial charge < -0.3 is 14.9 Å². The highest BCUT2D eigenvalue weighted by Crippen LogP contribution is 2.07. The Kier molecular flexibility index (Phi) is 4.85. The summed E-state index contributed by atoms with van der Waals surface area (Å²) in [5, 5.41) is 14.1. The minimum atomic E-state index is -4.96. The molecule has 9 nitrogen and oxygen atoms in total. The SMILES string of the molecule is O=C(O)COC(=O)C(CC(=O)O)S(=O)(=O)O. The number of carboxylic acids is 2. The number of rotatable bonds is 6. The topological polar surface area (TPSA) is 155 Å². The summed E-state index contributed by atoms with van der Waals surface area (Å²) in [6.45, 7) is -1.12. The predicted octanol–water partition coefficient (Wildman–Crippen LogP) is -1.65. The minimum absolute atomic E-state index is 1.12. The Labute approximate surface area is 89.4 Å². The average molecular weight is 256 g/mol. The van der Waals surface area contributed by atoms with Crippen LogP contribution in [0.25, 0.3) is 0 Å². The molecule has 1 atom stereocenters. The summed E-state index contributed by atoms with van der Waals surface area (Å²) in [7, 11) is -4.96. The lowest BCUT2D eigenvalue weighted by Crippen LogP contribution is -2.34. The molecule has 1 unspecified atom stereocenters. The van der Waals surface area contributed by atoms with Gasteiger partial charge in [-0.15, -0.1) is 0 Å². The van der Waals surface area contributed by atoms with Crippen LogP contribution in [0.3, 0.4) is 0 Å². The van der Waals surface area contributed by atoms with Crippen molar-refractivity contribution in [2.45, 2.75) is 11.7 Å². The highest BCUT2D eigenvalue weighted by atomic mass is 32.2. The molecule has 0 aliphatic heterocycles. The fraction of sp³-hybridized carbons (Fsp3) is 0.500. The van der Waals surface area contributed by atoms with Crippen molar-refractivity contribution in [1.82, 2.24) is 0 Å². The smallest absolute Gasteiger partial charge is 0.341 e. The number of carbonyl (C=O) groups excluding carboxylic acids is 1. The Balaban J connectivity index is 4.71. The van der Waals surface area contributed by atoms with Crippen LogP contribution >= 0.6 is 0 Å². The number of esters is 1. The van der Waals surface area contributed by atoms with Crippen molar-refractivity contribution in [3.05, 3.63) is 0 Å². The molecular weight excluding hydrogens is 248 g/mol. The van der Waals surface area contributed by atoms with E-state index >= 15 is 0 Å². The standard InChI is InChI=1S/C6H8O9S/c7-4(8)1-3(16(12,13)14)6(11)15-2-5(9)10/h3H,1-2H2,(H,7,8)(H,9,10)(H,12,13,14). The third kappa shape index (κ3) is 5.26. The summed E-state index contributed by atoms with van der Waals surface area (Å²) in [6.07, 6.45) is -1.21. The number of hydrogen-bond acceptors (Lipinski definition) is 6. The van der Waals surface area contributed by atoms with Gasteiger partial charge in [0, 0.05) is 0 Å². The van der Waals surface area contributed by atoms with Crippen molar-refractivity contribution in [3.8, 4) is 0 Å². The first-order chi connectivity index (χ1) is 7.14. The number of ether oxygens (including phenoxy) is 1. The van der Waals surface area contributed by atoms with Crippen LogP contribution in [0.2, 0.25) is 0 Å². The van der Waals surface area contributed by atoms with Gasteiger partial charge in [0.05, 0.1) is 6.42 Å². The highest BCUT2D eigenvalue weighted by Gasteiger charge is 2.35. The molecule has 0 aliphatic rings. The number of aliphatic carboxylic acids is 2. The van der Waals surface area contributed by atoms with Crippen molar-refractivity contribution in [3.63, 3.8) is 0 Å². The molecule has 10 heteroatoms. The molecule has 0 rings (SSSR count). The molecule has 0 aromatic carbocycles. The minimum Gasteiger partial charge on any atom is -0.481 e. The van der Waals surface area contributed by atoms with Crippen LogP contribution in [0.15, 0.2) is 0 Å². The zero-order valence-electron chi connectivity index (χ0n) is 7.69. The van der Waals surface area contributed by atoms with E-state index < -0.39 is 46.3 Å². The summed E-state index contributed by atoms with van der Waals surface area (Å²) < 4.78 is 33.7.